The van der Waals surface area contributed by atoms with Gasteiger partial charge in [0.2, 0.25) is 5.91 Å². The number of piperazine rings is 1. The molecule has 230 valence electrons. The van der Waals surface area contributed by atoms with Gasteiger partial charge in [0.25, 0.3) is 11.8 Å². The number of likely N-dealkylation sites (N-methyl/N-ethyl adjacent to an activating group) is 1. The van der Waals surface area contributed by atoms with Gasteiger partial charge >= 0.3 is 5.97 Å². The van der Waals surface area contributed by atoms with Gasteiger partial charge in [-0.2, -0.15) is 0 Å². The van der Waals surface area contributed by atoms with Crippen molar-refractivity contribution in [2.75, 3.05) is 43.4 Å². The summed E-state index contributed by atoms with van der Waals surface area (Å²) in [5.41, 5.74) is 2.25. The number of carboxylic acids is 1. The van der Waals surface area contributed by atoms with Gasteiger partial charge in [-0.3, -0.25) is 19.3 Å². The van der Waals surface area contributed by atoms with Crippen LogP contribution in [0.25, 0.3) is 5.69 Å². The third-order valence-electron chi connectivity index (χ3n) is 7.90. The lowest BCUT2D eigenvalue weighted by Gasteiger charge is -2.39. The number of hydrogen-bond donors (Lipinski definition) is 2. The molecule has 3 amide bonds. The molecule has 0 bridgehead atoms. The van der Waals surface area contributed by atoms with E-state index in [0.29, 0.717) is 36.4 Å². The largest absolute Gasteiger partial charge is 0.478 e. The Hall–Kier alpha value is -5.14. The number of nitrogens with one attached hydrogen (secondary N) is 1. The molecule has 2 aliphatic heterocycles. The van der Waals surface area contributed by atoms with Gasteiger partial charge in [-0.15, -0.1) is 5.10 Å². The minimum atomic E-state index is -1.14. The number of nitrogens with zero attached hydrogens (tertiary/aromatic N) is 6. The molecule has 3 heterocycles. The van der Waals surface area contributed by atoms with Crippen molar-refractivity contribution < 1.29 is 28.7 Å². The number of aromatic carboxylic acids is 1. The molecule has 45 heavy (non-hydrogen) atoms. The minimum Gasteiger partial charge on any atom is -0.478 e. The first-order chi connectivity index (χ1) is 21.6. The predicted octanol–water partition coefficient (Wildman–Crippen LogP) is 3.41. The predicted molar refractivity (Wildman–Crippen MR) is 162 cm³/mol. The first kappa shape index (κ1) is 29.9. The molecule has 1 fully saturated rings. The maximum Gasteiger partial charge on any atom is 0.335 e. The van der Waals surface area contributed by atoms with Gasteiger partial charge in [0.05, 0.1) is 23.3 Å². The maximum absolute atomic E-state index is 14.7. The highest BCUT2D eigenvalue weighted by atomic mass is 35.5. The van der Waals surface area contributed by atoms with Gasteiger partial charge in [0.1, 0.15) is 11.7 Å². The SMILES string of the molecule is CN1CCN(c2cccc3c2CCN(C(=O)c2cn(-c4cccc(Cl)c4F)nn2)[C@H]3C(=O)Nc2ccc(C(=O)O)cc2)C(=O)C1. The van der Waals surface area contributed by atoms with Crippen molar-refractivity contribution in [3.63, 3.8) is 0 Å². The lowest BCUT2D eigenvalue weighted by molar-refractivity contribution is -0.121. The van der Waals surface area contributed by atoms with Crippen molar-refractivity contribution in [1.82, 2.24) is 24.8 Å². The summed E-state index contributed by atoms with van der Waals surface area (Å²) >= 11 is 5.92. The zero-order valence-electron chi connectivity index (χ0n) is 24.0. The van der Waals surface area contributed by atoms with E-state index in [1.165, 1.54) is 53.6 Å². The molecule has 3 aromatic carbocycles. The quantitative estimate of drug-likeness (QED) is 0.330. The molecule has 1 atom stereocenters. The van der Waals surface area contributed by atoms with Gasteiger partial charge < -0.3 is 20.2 Å². The topological polar surface area (TPSA) is 141 Å². The number of rotatable bonds is 6. The fraction of sp³-hybridized carbons (Fsp3) is 0.226. The average Bonchev–Trinajstić information content (AvgIpc) is 3.51. The third-order valence-corrected chi connectivity index (χ3v) is 8.19. The van der Waals surface area contributed by atoms with Gasteiger partial charge in [-0.1, -0.05) is 35.0 Å². The number of fused-ring (bicyclic) bond motifs is 1. The summed E-state index contributed by atoms with van der Waals surface area (Å²) in [5.74, 6) is -3.08. The van der Waals surface area contributed by atoms with Crippen LogP contribution in [0.1, 0.15) is 38.0 Å². The molecule has 0 aliphatic carbocycles. The Balaban J connectivity index is 1.37. The van der Waals surface area contributed by atoms with Crippen LogP contribution in [0.2, 0.25) is 5.02 Å². The molecular weight excluding hydrogens is 605 g/mol. The Bertz CT molecular complexity index is 1830. The van der Waals surface area contributed by atoms with Crippen molar-refractivity contribution in [1.29, 1.82) is 0 Å². The number of carboxylic acid groups (broad SMARTS) is 1. The van der Waals surface area contributed by atoms with Crippen molar-refractivity contribution >= 4 is 46.7 Å². The second-order valence-electron chi connectivity index (χ2n) is 10.8. The number of carbonyl (C=O) groups is 4. The van der Waals surface area contributed by atoms with Crippen LogP contribution in [0.3, 0.4) is 0 Å². The standard InChI is InChI=1S/C31H27ClFN7O5/c1-37-14-15-38(26(41)17-37)24-6-2-4-21-20(24)12-13-39(28(21)29(42)34-19-10-8-18(9-11-19)31(44)45)30(43)23-16-40(36-35-23)25-7-3-5-22(32)27(25)33/h2-11,16,28H,12-15,17H2,1H3,(H,34,42)(H,44,45)/t28-/m1/s1. The molecule has 2 aliphatic rings. The first-order valence-corrected chi connectivity index (χ1v) is 14.4. The van der Waals surface area contributed by atoms with Crippen LogP contribution in [0.4, 0.5) is 15.8 Å². The highest BCUT2D eigenvalue weighted by molar-refractivity contribution is 6.30. The Morgan fingerprint density at radius 2 is 1.73 bits per heavy atom. The van der Waals surface area contributed by atoms with E-state index in [1.807, 2.05) is 18.0 Å². The summed E-state index contributed by atoms with van der Waals surface area (Å²) < 4.78 is 15.8. The molecule has 6 rings (SSSR count). The number of hydrogen-bond acceptors (Lipinski definition) is 7. The van der Waals surface area contributed by atoms with Gasteiger partial charge in [-0.05, 0) is 67.1 Å². The van der Waals surface area contributed by atoms with E-state index in [4.69, 9.17) is 11.6 Å². The zero-order valence-corrected chi connectivity index (χ0v) is 24.7. The summed E-state index contributed by atoms with van der Waals surface area (Å²) in [6.07, 6.45) is 1.62. The lowest BCUT2D eigenvalue weighted by Crippen LogP contribution is -2.50. The fourth-order valence-corrected chi connectivity index (χ4v) is 5.82. The fourth-order valence-electron chi connectivity index (χ4n) is 5.65. The van der Waals surface area contributed by atoms with Gasteiger partial charge in [0, 0.05) is 31.0 Å². The van der Waals surface area contributed by atoms with Crippen LogP contribution in [-0.4, -0.2) is 86.8 Å². The number of aromatic nitrogens is 3. The van der Waals surface area contributed by atoms with Crippen molar-refractivity contribution in [2.45, 2.75) is 12.5 Å². The highest BCUT2D eigenvalue weighted by Crippen LogP contribution is 2.37. The van der Waals surface area contributed by atoms with E-state index in [0.717, 1.165) is 10.2 Å². The summed E-state index contributed by atoms with van der Waals surface area (Å²) in [4.78, 5) is 57.2. The lowest BCUT2D eigenvalue weighted by atomic mass is 9.89. The second-order valence-corrected chi connectivity index (χ2v) is 11.2. The van der Waals surface area contributed by atoms with E-state index in [1.54, 1.807) is 17.0 Å². The number of anilines is 2. The number of benzene rings is 3. The van der Waals surface area contributed by atoms with Crippen LogP contribution in [0.5, 0.6) is 0 Å². The van der Waals surface area contributed by atoms with Crippen LogP contribution in [-0.2, 0) is 16.0 Å². The van der Waals surface area contributed by atoms with Crippen molar-refractivity contribution in [3.8, 4) is 5.69 Å². The summed E-state index contributed by atoms with van der Waals surface area (Å²) in [6, 6.07) is 14.2. The molecule has 14 heteroatoms. The maximum atomic E-state index is 14.7. The van der Waals surface area contributed by atoms with E-state index in [9.17, 15) is 28.7 Å². The molecule has 0 saturated carbocycles. The monoisotopic (exact) mass is 631 g/mol. The molecular formula is C31H27ClFN7O5. The Morgan fingerprint density at radius 1 is 1.00 bits per heavy atom. The molecule has 4 aromatic rings. The van der Waals surface area contributed by atoms with E-state index in [-0.39, 0.29) is 41.0 Å². The molecule has 1 saturated heterocycles. The number of carbonyl (C=O) groups excluding carboxylic acids is 3. The summed E-state index contributed by atoms with van der Waals surface area (Å²) in [7, 11) is 1.87. The zero-order chi connectivity index (χ0) is 31.8. The van der Waals surface area contributed by atoms with Crippen LogP contribution < -0.4 is 10.2 Å². The van der Waals surface area contributed by atoms with Crippen molar-refractivity contribution in [2.24, 2.45) is 0 Å². The Morgan fingerprint density at radius 3 is 2.47 bits per heavy atom. The van der Waals surface area contributed by atoms with Gasteiger partial charge in [0.15, 0.2) is 11.5 Å². The van der Waals surface area contributed by atoms with E-state index >= 15 is 0 Å². The van der Waals surface area contributed by atoms with Crippen LogP contribution >= 0.6 is 11.6 Å². The summed E-state index contributed by atoms with van der Waals surface area (Å²) in [5, 5.41) is 19.8. The molecule has 0 unspecified atom stereocenters. The third kappa shape index (κ3) is 5.75. The molecule has 1 aromatic heterocycles. The normalized spacial score (nSPS) is 16.8. The minimum absolute atomic E-state index is 0.00127. The first-order valence-electron chi connectivity index (χ1n) is 14.0. The molecule has 12 nitrogen and oxygen atoms in total. The second kappa shape index (κ2) is 12.1. The van der Waals surface area contributed by atoms with Crippen LogP contribution in [0.15, 0.2) is 66.9 Å². The molecule has 0 radical (unpaired) electrons. The molecule has 0 spiro atoms. The Kier molecular flexibility index (Phi) is 8.04. The average molecular weight is 632 g/mol. The van der Waals surface area contributed by atoms with Crippen molar-refractivity contribution in [3.05, 3.63) is 100 Å². The number of amides is 3. The van der Waals surface area contributed by atoms with E-state index in [2.05, 4.69) is 15.6 Å². The van der Waals surface area contributed by atoms with Crippen LogP contribution in [0, 0.1) is 5.82 Å². The van der Waals surface area contributed by atoms with Gasteiger partial charge in [-0.25, -0.2) is 13.9 Å². The molecule has 2 N–H and O–H groups in total. The smallest absolute Gasteiger partial charge is 0.335 e. The highest BCUT2D eigenvalue weighted by Gasteiger charge is 2.39. The van der Waals surface area contributed by atoms with E-state index < -0.39 is 29.6 Å². The summed E-state index contributed by atoms with van der Waals surface area (Å²) in [6.45, 7) is 1.52. The number of halogens is 2. The Labute approximate surface area is 261 Å².